The summed E-state index contributed by atoms with van der Waals surface area (Å²) in [5.74, 6) is 1.29. The van der Waals surface area contributed by atoms with Crippen LogP contribution in [0.4, 0.5) is 5.69 Å². The molecule has 0 unspecified atom stereocenters. The molecular weight excluding hydrogens is 284 g/mol. The minimum Gasteiger partial charge on any atom is -0.492 e. The van der Waals surface area contributed by atoms with Gasteiger partial charge in [0.2, 0.25) is 5.91 Å². The van der Waals surface area contributed by atoms with Crippen LogP contribution in [0.15, 0.2) is 24.3 Å². The van der Waals surface area contributed by atoms with Gasteiger partial charge in [-0.1, -0.05) is 12.1 Å². The number of benzene rings is 1. The Hall–Kier alpha value is -1.20. The Morgan fingerprint density at radius 1 is 1.38 bits per heavy atom. The number of para-hydroxylation sites is 2. The maximum atomic E-state index is 12.1. The molecule has 1 aromatic carbocycles. The summed E-state index contributed by atoms with van der Waals surface area (Å²) in [4.78, 5) is 14.4. The fourth-order valence-electron chi connectivity index (χ4n) is 2.38. The molecule has 1 aromatic rings. The van der Waals surface area contributed by atoms with Gasteiger partial charge in [0.15, 0.2) is 0 Å². The third kappa shape index (κ3) is 5.25. The summed E-state index contributed by atoms with van der Waals surface area (Å²) in [5, 5.41) is 3.55. The third-order valence-electron chi connectivity index (χ3n) is 3.58. The highest BCUT2D eigenvalue weighted by atomic mass is 32.2. The van der Waals surface area contributed by atoms with Gasteiger partial charge in [0.25, 0.3) is 0 Å². The summed E-state index contributed by atoms with van der Waals surface area (Å²) in [6, 6.07) is 7.57. The molecule has 1 saturated heterocycles. The number of hydrogen-bond donors (Lipinski definition) is 1. The minimum absolute atomic E-state index is 0.0473. The lowest BCUT2D eigenvalue weighted by molar-refractivity contribution is -0.113. The molecule has 4 nitrogen and oxygen atoms in total. The largest absolute Gasteiger partial charge is 0.492 e. The molecule has 0 atom stereocenters. The topological polar surface area (TPSA) is 41.6 Å². The number of rotatable bonds is 6. The van der Waals surface area contributed by atoms with Crippen LogP contribution in [-0.2, 0) is 4.79 Å². The Bertz CT molecular complexity index is 459. The van der Waals surface area contributed by atoms with Crippen molar-refractivity contribution in [2.45, 2.75) is 25.0 Å². The van der Waals surface area contributed by atoms with Crippen LogP contribution < -0.4 is 10.1 Å². The molecule has 1 aliphatic heterocycles. The van der Waals surface area contributed by atoms with Gasteiger partial charge in [-0.2, -0.15) is 0 Å². The molecule has 0 saturated carbocycles. The van der Waals surface area contributed by atoms with E-state index in [2.05, 4.69) is 17.3 Å². The van der Waals surface area contributed by atoms with Crippen molar-refractivity contribution in [2.75, 3.05) is 37.8 Å². The molecular formula is C16H24N2O2S. The summed E-state index contributed by atoms with van der Waals surface area (Å²) in [5.41, 5.74) is 0.758. The summed E-state index contributed by atoms with van der Waals surface area (Å²) in [6.07, 6.45) is 2.34. The Morgan fingerprint density at radius 2 is 2.10 bits per heavy atom. The number of anilines is 1. The fourth-order valence-corrected chi connectivity index (χ4v) is 3.39. The number of carbonyl (C=O) groups is 1. The van der Waals surface area contributed by atoms with Crippen LogP contribution in [0.5, 0.6) is 5.75 Å². The van der Waals surface area contributed by atoms with E-state index >= 15 is 0 Å². The van der Waals surface area contributed by atoms with Gasteiger partial charge in [0, 0.05) is 5.25 Å². The van der Waals surface area contributed by atoms with E-state index < -0.39 is 0 Å². The van der Waals surface area contributed by atoms with Crippen LogP contribution >= 0.6 is 11.8 Å². The second-order valence-electron chi connectivity index (χ2n) is 5.29. The zero-order valence-electron chi connectivity index (χ0n) is 12.8. The maximum absolute atomic E-state index is 12.1. The Balaban J connectivity index is 1.79. The molecule has 0 spiro atoms. The van der Waals surface area contributed by atoms with Crippen LogP contribution in [0, 0.1) is 0 Å². The van der Waals surface area contributed by atoms with Gasteiger partial charge in [0.05, 0.1) is 18.0 Å². The highest BCUT2D eigenvalue weighted by molar-refractivity contribution is 8.00. The number of nitrogens with one attached hydrogen (secondary N) is 1. The van der Waals surface area contributed by atoms with Crippen molar-refractivity contribution in [1.82, 2.24) is 4.90 Å². The summed E-state index contributed by atoms with van der Waals surface area (Å²) >= 11 is 1.77. The predicted octanol–water partition coefficient (Wildman–Crippen LogP) is 2.85. The van der Waals surface area contributed by atoms with Crippen molar-refractivity contribution in [3.8, 4) is 5.75 Å². The first-order valence-electron chi connectivity index (χ1n) is 7.51. The third-order valence-corrected chi connectivity index (χ3v) is 4.95. The van der Waals surface area contributed by atoms with Crippen LogP contribution in [0.25, 0.3) is 0 Å². The van der Waals surface area contributed by atoms with E-state index in [0.29, 0.717) is 17.6 Å². The fraction of sp³-hybridized carbons (Fsp3) is 0.562. The van der Waals surface area contributed by atoms with Crippen molar-refractivity contribution in [3.05, 3.63) is 24.3 Å². The molecule has 1 aliphatic rings. The summed E-state index contributed by atoms with van der Waals surface area (Å²) in [7, 11) is 2.15. The van der Waals surface area contributed by atoms with Gasteiger partial charge in [0.1, 0.15) is 5.75 Å². The molecule has 1 N–H and O–H groups in total. The van der Waals surface area contributed by atoms with Crippen LogP contribution in [-0.4, -0.2) is 48.6 Å². The molecule has 0 aliphatic carbocycles. The van der Waals surface area contributed by atoms with Gasteiger partial charge in [-0.15, -0.1) is 11.8 Å². The molecule has 1 fully saturated rings. The zero-order chi connectivity index (χ0) is 15.1. The number of nitrogens with zero attached hydrogens (tertiary/aromatic N) is 1. The molecule has 1 amide bonds. The Kier molecular flexibility index (Phi) is 6.39. The van der Waals surface area contributed by atoms with E-state index in [9.17, 15) is 4.79 Å². The van der Waals surface area contributed by atoms with Gasteiger partial charge >= 0.3 is 0 Å². The molecule has 0 aromatic heterocycles. The highest BCUT2D eigenvalue weighted by Gasteiger charge is 2.18. The van der Waals surface area contributed by atoms with Gasteiger partial charge in [-0.05, 0) is 52.0 Å². The first-order chi connectivity index (χ1) is 10.2. The molecule has 116 valence electrons. The van der Waals surface area contributed by atoms with Crippen LogP contribution in [0.3, 0.4) is 0 Å². The Labute approximate surface area is 131 Å². The minimum atomic E-state index is 0.0473. The van der Waals surface area contributed by atoms with E-state index in [1.165, 1.54) is 12.8 Å². The number of amides is 1. The normalized spacial score (nSPS) is 16.7. The Morgan fingerprint density at radius 3 is 2.81 bits per heavy atom. The second kappa shape index (κ2) is 8.29. The molecule has 5 heteroatoms. The lowest BCUT2D eigenvalue weighted by atomic mass is 10.1. The number of hydrogen-bond acceptors (Lipinski definition) is 4. The number of carbonyl (C=O) groups excluding carboxylic acids is 1. The highest BCUT2D eigenvalue weighted by Crippen LogP contribution is 2.25. The first-order valence-corrected chi connectivity index (χ1v) is 8.55. The number of ether oxygens (including phenoxy) is 1. The quantitative estimate of drug-likeness (QED) is 0.877. The summed E-state index contributed by atoms with van der Waals surface area (Å²) < 4.78 is 5.52. The average Bonchev–Trinajstić information content (AvgIpc) is 2.49. The zero-order valence-corrected chi connectivity index (χ0v) is 13.6. The first kappa shape index (κ1) is 16.2. The lowest BCUT2D eigenvalue weighted by Crippen LogP contribution is -2.32. The van der Waals surface area contributed by atoms with E-state index in [1.54, 1.807) is 11.8 Å². The monoisotopic (exact) mass is 308 g/mol. The van der Waals surface area contributed by atoms with Gasteiger partial charge < -0.3 is 15.0 Å². The van der Waals surface area contributed by atoms with Crippen LogP contribution in [0.1, 0.15) is 19.8 Å². The second-order valence-corrected chi connectivity index (χ2v) is 6.58. The van der Waals surface area contributed by atoms with Crippen molar-refractivity contribution in [2.24, 2.45) is 0 Å². The van der Waals surface area contributed by atoms with Crippen molar-refractivity contribution >= 4 is 23.4 Å². The molecule has 2 rings (SSSR count). The predicted molar refractivity (Wildman–Crippen MR) is 89.2 cm³/mol. The van der Waals surface area contributed by atoms with E-state index in [1.807, 2.05) is 31.2 Å². The van der Waals surface area contributed by atoms with Crippen LogP contribution in [0.2, 0.25) is 0 Å². The van der Waals surface area contributed by atoms with E-state index in [0.717, 1.165) is 24.5 Å². The van der Waals surface area contributed by atoms with Crippen molar-refractivity contribution in [1.29, 1.82) is 0 Å². The smallest absolute Gasteiger partial charge is 0.234 e. The molecule has 21 heavy (non-hydrogen) atoms. The van der Waals surface area contributed by atoms with E-state index in [4.69, 9.17) is 4.74 Å². The average molecular weight is 308 g/mol. The van der Waals surface area contributed by atoms with Gasteiger partial charge in [-0.3, -0.25) is 4.79 Å². The summed E-state index contributed by atoms with van der Waals surface area (Å²) in [6.45, 7) is 4.80. The number of likely N-dealkylation sites (tertiary alicyclic amines) is 1. The standard InChI is InChI=1S/C16H24N2O2S/c1-3-20-15-7-5-4-6-14(15)17-16(19)12-21-13-8-10-18(2)11-9-13/h4-7,13H,3,8-12H2,1-2H3,(H,17,19). The van der Waals surface area contributed by atoms with Crippen molar-refractivity contribution in [3.63, 3.8) is 0 Å². The number of piperidine rings is 1. The number of thioether (sulfide) groups is 1. The molecule has 0 bridgehead atoms. The van der Waals surface area contributed by atoms with Crippen molar-refractivity contribution < 1.29 is 9.53 Å². The van der Waals surface area contributed by atoms with E-state index in [-0.39, 0.29) is 5.91 Å². The lowest BCUT2D eigenvalue weighted by Gasteiger charge is -2.28. The maximum Gasteiger partial charge on any atom is 0.234 e. The van der Waals surface area contributed by atoms with Gasteiger partial charge in [-0.25, -0.2) is 0 Å². The molecule has 0 radical (unpaired) electrons. The SMILES string of the molecule is CCOc1ccccc1NC(=O)CSC1CCN(C)CC1. The molecule has 1 heterocycles.